The molecule has 0 aliphatic heterocycles. The Bertz CT molecular complexity index is 767. The average molecular weight is 306 g/mol. The van der Waals surface area contributed by atoms with Crippen molar-refractivity contribution in [2.45, 2.75) is 0 Å². The fraction of sp³-hybridized carbons (Fsp3) is 0. The number of benzene rings is 2. The van der Waals surface area contributed by atoms with E-state index in [-0.39, 0.29) is 11.8 Å². The van der Waals surface area contributed by atoms with Gasteiger partial charge < -0.3 is 14.6 Å². The van der Waals surface area contributed by atoms with Crippen LogP contribution in [0.5, 0.6) is 0 Å². The SMILES string of the molecule is O/C=C(/c1ccccc1)c1nnc(/C(=C\O)c2ccccc2)o1. The Kier molecular flexibility index (Phi) is 4.20. The van der Waals surface area contributed by atoms with Crippen LogP contribution < -0.4 is 0 Å². The van der Waals surface area contributed by atoms with Crippen LogP contribution in [0.25, 0.3) is 11.1 Å². The van der Waals surface area contributed by atoms with Crippen LogP contribution in [0, 0.1) is 0 Å². The molecular weight excluding hydrogens is 292 g/mol. The molecule has 1 aromatic heterocycles. The maximum absolute atomic E-state index is 9.50. The minimum Gasteiger partial charge on any atom is -0.515 e. The number of hydrogen-bond donors (Lipinski definition) is 2. The predicted molar refractivity (Wildman–Crippen MR) is 86.6 cm³/mol. The Morgan fingerprint density at radius 1 is 0.696 bits per heavy atom. The Morgan fingerprint density at radius 3 is 1.43 bits per heavy atom. The molecule has 0 saturated heterocycles. The molecule has 3 rings (SSSR count). The molecule has 5 nitrogen and oxygen atoms in total. The molecule has 3 aromatic rings. The third-order valence-electron chi connectivity index (χ3n) is 3.31. The molecule has 0 fully saturated rings. The summed E-state index contributed by atoms with van der Waals surface area (Å²) in [6, 6.07) is 18.4. The van der Waals surface area contributed by atoms with E-state index >= 15 is 0 Å². The maximum Gasteiger partial charge on any atom is 0.251 e. The Morgan fingerprint density at radius 2 is 1.09 bits per heavy atom. The lowest BCUT2D eigenvalue weighted by Crippen LogP contribution is -1.88. The lowest BCUT2D eigenvalue weighted by Gasteiger charge is -2.02. The van der Waals surface area contributed by atoms with Crippen molar-refractivity contribution in [3.63, 3.8) is 0 Å². The van der Waals surface area contributed by atoms with Gasteiger partial charge in [-0.25, -0.2) is 0 Å². The number of aliphatic hydroxyl groups excluding tert-OH is 2. The minimum absolute atomic E-state index is 0.170. The summed E-state index contributed by atoms with van der Waals surface area (Å²) in [5.74, 6) is 0.341. The van der Waals surface area contributed by atoms with Crippen molar-refractivity contribution in [2.24, 2.45) is 0 Å². The summed E-state index contributed by atoms with van der Waals surface area (Å²) in [4.78, 5) is 0. The number of rotatable bonds is 4. The van der Waals surface area contributed by atoms with Gasteiger partial charge in [0.05, 0.1) is 23.7 Å². The van der Waals surface area contributed by atoms with Crippen LogP contribution in [0.4, 0.5) is 0 Å². The second kappa shape index (κ2) is 6.62. The highest BCUT2D eigenvalue weighted by Crippen LogP contribution is 2.26. The smallest absolute Gasteiger partial charge is 0.251 e. The van der Waals surface area contributed by atoms with Gasteiger partial charge in [-0.1, -0.05) is 60.7 Å². The van der Waals surface area contributed by atoms with Gasteiger partial charge in [0.25, 0.3) is 11.8 Å². The van der Waals surface area contributed by atoms with Gasteiger partial charge in [-0.15, -0.1) is 10.2 Å². The average Bonchev–Trinajstić information content (AvgIpc) is 3.08. The van der Waals surface area contributed by atoms with E-state index in [1.54, 1.807) is 0 Å². The van der Waals surface area contributed by atoms with Crippen molar-refractivity contribution in [3.05, 3.63) is 96.1 Å². The maximum atomic E-state index is 9.50. The molecular formula is C18H14N2O3. The third kappa shape index (κ3) is 2.98. The van der Waals surface area contributed by atoms with Crippen LogP contribution in [0.3, 0.4) is 0 Å². The number of aromatic nitrogens is 2. The van der Waals surface area contributed by atoms with E-state index in [1.807, 2.05) is 60.7 Å². The summed E-state index contributed by atoms with van der Waals surface area (Å²) in [7, 11) is 0. The van der Waals surface area contributed by atoms with E-state index in [4.69, 9.17) is 4.42 Å². The van der Waals surface area contributed by atoms with Crippen molar-refractivity contribution in [1.29, 1.82) is 0 Å². The van der Waals surface area contributed by atoms with E-state index in [1.165, 1.54) is 0 Å². The molecule has 5 heteroatoms. The largest absolute Gasteiger partial charge is 0.515 e. The summed E-state index contributed by atoms with van der Waals surface area (Å²) in [5.41, 5.74) is 2.32. The van der Waals surface area contributed by atoms with Crippen LogP contribution >= 0.6 is 0 Å². The van der Waals surface area contributed by atoms with Gasteiger partial charge in [-0.2, -0.15) is 0 Å². The van der Waals surface area contributed by atoms with Crippen molar-refractivity contribution in [1.82, 2.24) is 10.2 Å². The summed E-state index contributed by atoms with van der Waals surface area (Å²) in [5, 5.41) is 26.9. The molecule has 0 amide bonds. The third-order valence-corrected chi connectivity index (χ3v) is 3.31. The molecule has 23 heavy (non-hydrogen) atoms. The fourth-order valence-corrected chi connectivity index (χ4v) is 2.18. The van der Waals surface area contributed by atoms with Crippen LogP contribution in [-0.2, 0) is 0 Å². The summed E-state index contributed by atoms with van der Waals surface area (Å²) in [6.45, 7) is 0. The number of nitrogens with zero attached hydrogens (tertiary/aromatic N) is 2. The van der Waals surface area contributed by atoms with Gasteiger partial charge in [-0.05, 0) is 11.1 Å². The standard InChI is InChI=1S/C18H14N2O3/c21-11-15(13-7-3-1-4-8-13)17-19-20-18(23-17)16(12-22)14-9-5-2-6-10-14/h1-12,21-22H/b15-11-,16-12-. The molecule has 0 atom stereocenters. The highest BCUT2D eigenvalue weighted by molar-refractivity contribution is 5.77. The van der Waals surface area contributed by atoms with Crippen LogP contribution in [0.2, 0.25) is 0 Å². The summed E-state index contributed by atoms with van der Waals surface area (Å²) < 4.78 is 5.62. The molecule has 2 N–H and O–H groups in total. The molecule has 0 aliphatic carbocycles. The second-order valence-corrected chi connectivity index (χ2v) is 4.73. The molecule has 114 valence electrons. The van der Waals surface area contributed by atoms with Gasteiger partial charge in [0.15, 0.2) is 0 Å². The van der Waals surface area contributed by atoms with Crippen LogP contribution in [-0.4, -0.2) is 20.4 Å². The van der Waals surface area contributed by atoms with E-state index in [0.29, 0.717) is 11.1 Å². The quantitative estimate of drug-likeness (QED) is 0.713. The highest BCUT2D eigenvalue weighted by Gasteiger charge is 2.17. The van der Waals surface area contributed by atoms with Gasteiger partial charge in [-0.3, -0.25) is 0 Å². The van der Waals surface area contributed by atoms with E-state index in [9.17, 15) is 10.2 Å². The van der Waals surface area contributed by atoms with Crippen molar-refractivity contribution >= 4 is 11.1 Å². The Balaban J connectivity index is 1.97. The molecule has 0 bridgehead atoms. The normalized spacial score (nSPS) is 12.3. The first kappa shape index (κ1) is 14.6. The van der Waals surface area contributed by atoms with Gasteiger partial charge in [0.1, 0.15) is 0 Å². The first-order chi connectivity index (χ1) is 11.3. The molecule has 0 spiro atoms. The van der Waals surface area contributed by atoms with Gasteiger partial charge in [0.2, 0.25) is 0 Å². The highest BCUT2D eigenvalue weighted by atomic mass is 16.4. The summed E-state index contributed by atoms with van der Waals surface area (Å²) >= 11 is 0. The Labute approximate surface area is 132 Å². The zero-order chi connectivity index (χ0) is 16.1. The lowest BCUT2D eigenvalue weighted by molar-refractivity contribution is 0.465. The molecule has 0 unspecified atom stereocenters. The van der Waals surface area contributed by atoms with Crippen molar-refractivity contribution in [2.75, 3.05) is 0 Å². The molecule has 0 aliphatic rings. The monoisotopic (exact) mass is 306 g/mol. The van der Waals surface area contributed by atoms with E-state index < -0.39 is 0 Å². The number of aliphatic hydroxyl groups is 2. The fourth-order valence-electron chi connectivity index (χ4n) is 2.18. The van der Waals surface area contributed by atoms with E-state index in [2.05, 4.69) is 10.2 Å². The molecule has 0 radical (unpaired) electrons. The van der Waals surface area contributed by atoms with Crippen LogP contribution in [0.1, 0.15) is 22.9 Å². The summed E-state index contributed by atoms with van der Waals surface area (Å²) in [6.07, 6.45) is 1.86. The predicted octanol–water partition coefficient (Wildman–Crippen LogP) is 3.96. The Hall–Kier alpha value is -3.34. The topological polar surface area (TPSA) is 79.4 Å². The first-order valence-electron chi connectivity index (χ1n) is 6.97. The van der Waals surface area contributed by atoms with Crippen molar-refractivity contribution in [3.8, 4) is 0 Å². The first-order valence-corrected chi connectivity index (χ1v) is 6.97. The van der Waals surface area contributed by atoms with Gasteiger partial charge in [0, 0.05) is 0 Å². The zero-order valence-electron chi connectivity index (χ0n) is 12.1. The molecule has 1 heterocycles. The molecule has 0 saturated carbocycles. The lowest BCUT2D eigenvalue weighted by atomic mass is 10.1. The van der Waals surface area contributed by atoms with Crippen LogP contribution in [0.15, 0.2) is 77.6 Å². The van der Waals surface area contributed by atoms with E-state index in [0.717, 1.165) is 23.7 Å². The second-order valence-electron chi connectivity index (χ2n) is 4.73. The number of hydrogen-bond acceptors (Lipinski definition) is 5. The van der Waals surface area contributed by atoms with Crippen molar-refractivity contribution < 1.29 is 14.6 Å². The van der Waals surface area contributed by atoms with Gasteiger partial charge >= 0.3 is 0 Å². The molecule has 2 aromatic carbocycles. The zero-order valence-corrected chi connectivity index (χ0v) is 12.1. The minimum atomic E-state index is 0.170.